The van der Waals surface area contributed by atoms with E-state index in [0.29, 0.717) is 12.3 Å². The molecule has 32 heavy (non-hydrogen) atoms. The minimum atomic E-state index is -0.868. The van der Waals surface area contributed by atoms with Gasteiger partial charge in [-0.2, -0.15) is 4.89 Å². The van der Waals surface area contributed by atoms with Crippen LogP contribution in [0.3, 0.4) is 0 Å². The smallest absolute Gasteiger partial charge is 0.304 e. The second kappa shape index (κ2) is 12.5. The zero-order valence-corrected chi connectivity index (χ0v) is 18.1. The maximum absolute atomic E-state index is 11.2. The van der Waals surface area contributed by atoms with Gasteiger partial charge in [0.05, 0.1) is 6.42 Å². The number of anilines is 1. The third kappa shape index (κ3) is 7.72. The number of carboxylic acid groups (broad SMARTS) is 1. The van der Waals surface area contributed by atoms with Crippen molar-refractivity contribution < 1.29 is 19.7 Å². The van der Waals surface area contributed by atoms with Crippen LogP contribution < -0.4 is 15.9 Å². The minimum absolute atomic E-state index is 0.0186. The number of aliphatic carboxylic acids is 1. The van der Waals surface area contributed by atoms with Gasteiger partial charge in [-0.1, -0.05) is 54.6 Å². The third-order valence-corrected chi connectivity index (χ3v) is 5.14. The van der Waals surface area contributed by atoms with Crippen molar-refractivity contribution in [2.75, 3.05) is 25.0 Å². The topological polar surface area (TPSA) is 93.8 Å². The maximum atomic E-state index is 11.2. The molecule has 0 aromatic heterocycles. The molecule has 6 heteroatoms. The Hall–Kier alpha value is -3.35. The number of rotatable bonds is 13. The Labute approximate surface area is 188 Å². The van der Waals surface area contributed by atoms with Gasteiger partial charge in [0, 0.05) is 24.7 Å². The number of carbonyl (C=O) groups is 1. The first-order valence-electron chi connectivity index (χ1n) is 10.8. The first-order chi connectivity index (χ1) is 15.6. The van der Waals surface area contributed by atoms with Crippen molar-refractivity contribution in [2.45, 2.75) is 25.2 Å². The summed E-state index contributed by atoms with van der Waals surface area (Å²) in [7, 11) is 0. The molecule has 0 amide bonds. The second-order valence-electron chi connectivity index (χ2n) is 7.63. The van der Waals surface area contributed by atoms with E-state index in [0.717, 1.165) is 30.6 Å². The molecule has 0 spiro atoms. The summed E-state index contributed by atoms with van der Waals surface area (Å²) in [5, 5.41) is 12.5. The molecule has 3 rings (SSSR count). The average molecular weight is 435 g/mol. The van der Waals surface area contributed by atoms with Gasteiger partial charge in [-0.15, -0.1) is 0 Å². The van der Waals surface area contributed by atoms with Crippen LogP contribution in [-0.2, 0) is 22.5 Å². The predicted octanol–water partition coefficient (Wildman–Crippen LogP) is 4.41. The van der Waals surface area contributed by atoms with Crippen molar-refractivity contribution in [1.29, 1.82) is 0 Å². The Morgan fingerprint density at radius 2 is 1.69 bits per heavy atom. The van der Waals surface area contributed by atoms with E-state index in [1.807, 2.05) is 60.7 Å². The lowest BCUT2D eigenvalue weighted by molar-refractivity contribution is -0.211. The van der Waals surface area contributed by atoms with Crippen LogP contribution in [0.25, 0.3) is 0 Å². The molecule has 1 atom stereocenters. The van der Waals surface area contributed by atoms with Gasteiger partial charge in [-0.3, -0.25) is 4.79 Å². The molecular formula is C26H30N2O4. The summed E-state index contributed by atoms with van der Waals surface area (Å²) in [5.41, 5.74) is 10.0. The Balaban J connectivity index is 1.47. The van der Waals surface area contributed by atoms with Gasteiger partial charge in [0.15, 0.2) is 5.75 Å². The highest BCUT2D eigenvalue weighted by molar-refractivity contribution is 5.68. The number of hydrogen-bond acceptors (Lipinski definition) is 5. The highest BCUT2D eigenvalue weighted by Gasteiger charge is 2.16. The zero-order valence-electron chi connectivity index (χ0n) is 18.1. The van der Waals surface area contributed by atoms with Crippen molar-refractivity contribution in [2.24, 2.45) is 5.73 Å². The molecule has 6 nitrogen and oxygen atoms in total. The summed E-state index contributed by atoms with van der Waals surface area (Å²) < 4.78 is 0. The molecule has 0 bridgehead atoms. The van der Waals surface area contributed by atoms with Gasteiger partial charge >= 0.3 is 5.97 Å². The lowest BCUT2D eigenvalue weighted by atomic mass is 9.97. The fraction of sp³-hybridized carbons (Fsp3) is 0.269. The van der Waals surface area contributed by atoms with Crippen LogP contribution in [0.2, 0.25) is 0 Å². The predicted molar refractivity (Wildman–Crippen MR) is 126 cm³/mol. The van der Waals surface area contributed by atoms with Crippen LogP contribution in [-0.4, -0.2) is 30.8 Å². The lowest BCUT2D eigenvalue weighted by Gasteiger charge is -2.15. The molecule has 168 valence electrons. The van der Waals surface area contributed by atoms with E-state index in [4.69, 9.17) is 15.5 Å². The molecule has 0 saturated carbocycles. The van der Waals surface area contributed by atoms with Gasteiger partial charge in [0.25, 0.3) is 0 Å². The fourth-order valence-electron chi connectivity index (χ4n) is 3.45. The molecule has 3 aromatic rings. The summed E-state index contributed by atoms with van der Waals surface area (Å²) in [4.78, 5) is 21.9. The minimum Gasteiger partial charge on any atom is -0.481 e. The number of hydrogen-bond donors (Lipinski definition) is 3. The highest BCUT2D eigenvalue weighted by Crippen LogP contribution is 2.21. The number of carboxylic acids is 1. The first kappa shape index (κ1) is 23.3. The highest BCUT2D eigenvalue weighted by atomic mass is 17.2. The van der Waals surface area contributed by atoms with Crippen LogP contribution >= 0.6 is 0 Å². The molecule has 0 radical (unpaired) electrons. The fourth-order valence-corrected chi connectivity index (χ4v) is 3.45. The standard InChI is InChI=1S/C26H30N2O4/c27-15-16-28-24-8-4-5-21(17-24)10-9-20-11-13-25(14-12-20)32-31-19-23(18-26(29)30)22-6-2-1-3-7-22/h1-8,11-14,17,23,28H,9-10,15-16,18-19,27H2,(H,29,30). The Bertz CT molecular complexity index is 961. The van der Waals surface area contributed by atoms with Gasteiger partial charge in [-0.25, -0.2) is 0 Å². The molecule has 4 N–H and O–H groups in total. The summed E-state index contributed by atoms with van der Waals surface area (Å²) in [6.45, 7) is 1.52. The van der Waals surface area contributed by atoms with Gasteiger partial charge in [0.2, 0.25) is 0 Å². The maximum Gasteiger partial charge on any atom is 0.304 e. The van der Waals surface area contributed by atoms with E-state index >= 15 is 0 Å². The van der Waals surface area contributed by atoms with Crippen LogP contribution in [0.5, 0.6) is 5.75 Å². The van der Waals surface area contributed by atoms with Crippen LogP contribution in [0.4, 0.5) is 5.69 Å². The summed E-state index contributed by atoms with van der Waals surface area (Å²) in [6.07, 6.45) is 1.83. The van der Waals surface area contributed by atoms with Crippen molar-refractivity contribution in [1.82, 2.24) is 0 Å². The SMILES string of the molecule is NCCNc1cccc(CCc2ccc(OOCC(CC(=O)O)c3ccccc3)cc2)c1. The molecular weight excluding hydrogens is 404 g/mol. The van der Waals surface area contributed by atoms with Crippen LogP contribution in [0.15, 0.2) is 78.9 Å². The molecule has 0 heterocycles. The molecule has 3 aromatic carbocycles. The zero-order chi connectivity index (χ0) is 22.6. The molecule has 0 aliphatic heterocycles. The number of nitrogens with one attached hydrogen (secondary N) is 1. The van der Waals surface area contributed by atoms with Gasteiger partial charge in [0.1, 0.15) is 6.61 Å². The monoisotopic (exact) mass is 434 g/mol. The Morgan fingerprint density at radius 1 is 0.938 bits per heavy atom. The van der Waals surface area contributed by atoms with E-state index in [1.165, 1.54) is 11.1 Å². The van der Waals surface area contributed by atoms with Crippen molar-refractivity contribution in [3.05, 3.63) is 95.6 Å². The summed E-state index contributed by atoms with van der Waals surface area (Å²) in [5.74, 6) is -0.556. The van der Waals surface area contributed by atoms with Crippen molar-refractivity contribution in [3.8, 4) is 5.75 Å². The van der Waals surface area contributed by atoms with Gasteiger partial charge < -0.3 is 21.0 Å². The van der Waals surface area contributed by atoms with Gasteiger partial charge in [-0.05, 0) is 53.8 Å². The van der Waals surface area contributed by atoms with E-state index in [2.05, 4.69) is 23.5 Å². The summed E-state index contributed by atoms with van der Waals surface area (Å²) >= 11 is 0. The van der Waals surface area contributed by atoms with E-state index in [9.17, 15) is 9.90 Å². The second-order valence-corrected chi connectivity index (χ2v) is 7.63. The molecule has 1 unspecified atom stereocenters. The molecule has 0 fully saturated rings. The average Bonchev–Trinajstić information content (AvgIpc) is 2.82. The van der Waals surface area contributed by atoms with Crippen molar-refractivity contribution >= 4 is 11.7 Å². The number of aryl methyl sites for hydroxylation is 2. The lowest BCUT2D eigenvalue weighted by Crippen LogP contribution is -2.14. The van der Waals surface area contributed by atoms with Crippen molar-refractivity contribution in [3.63, 3.8) is 0 Å². The quantitative estimate of drug-likeness (QED) is 0.273. The van der Waals surface area contributed by atoms with E-state index < -0.39 is 5.97 Å². The molecule has 0 aliphatic carbocycles. The number of benzene rings is 3. The largest absolute Gasteiger partial charge is 0.481 e. The first-order valence-corrected chi connectivity index (χ1v) is 10.8. The number of nitrogens with two attached hydrogens (primary N) is 1. The Kier molecular flexibility index (Phi) is 9.10. The molecule has 0 aliphatic rings. The van der Waals surface area contributed by atoms with Crippen LogP contribution in [0.1, 0.15) is 29.0 Å². The summed E-state index contributed by atoms with van der Waals surface area (Å²) in [6, 6.07) is 25.6. The van der Waals surface area contributed by atoms with Crippen LogP contribution in [0, 0.1) is 0 Å². The third-order valence-electron chi connectivity index (χ3n) is 5.14. The van der Waals surface area contributed by atoms with E-state index in [-0.39, 0.29) is 18.9 Å². The molecule has 0 saturated heterocycles. The van der Waals surface area contributed by atoms with E-state index in [1.54, 1.807) is 0 Å². The normalized spacial score (nSPS) is 11.7. The Morgan fingerprint density at radius 3 is 2.41 bits per heavy atom.